The van der Waals surface area contributed by atoms with Crippen molar-refractivity contribution in [1.82, 2.24) is 4.98 Å². The second kappa shape index (κ2) is 5.93. The van der Waals surface area contributed by atoms with Crippen LogP contribution in [0.15, 0.2) is 64.3 Å². The maximum atomic E-state index is 12.5. The molecule has 6 nitrogen and oxygen atoms in total. The van der Waals surface area contributed by atoms with E-state index in [4.69, 9.17) is 0 Å². The largest absolute Gasteiger partial charge is 0.322 e. The van der Waals surface area contributed by atoms with E-state index < -0.39 is 15.7 Å². The third kappa shape index (κ3) is 3.21. The predicted octanol–water partition coefficient (Wildman–Crippen LogP) is 2.18. The fraction of sp³-hybridized carbons (Fsp3) is 0.0588. The van der Waals surface area contributed by atoms with Gasteiger partial charge in [0.1, 0.15) is 0 Å². The molecule has 1 aromatic heterocycles. The van der Waals surface area contributed by atoms with Gasteiger partial charge in [0.15, 0.2) is 9.84 Å². The number of hydrogen-bond acceptors (Lipinski definition) is 4. The Morgan fingerprint density at radius 2 is 1.71 bits per heavy atom. The van der Waals surface area contributed by atoms with E-state index in [1.54, 1.807) is 24.3 Å². The van der Waals surface area contributed by atoms with E-state index in [1.165, 1.54) is 30.3 Å². The summed E-state index contributed by atoms with van der Waals surface area (Å²) in [6.45, 7) is 0. The average molecular weight is 342 g/mol. The molecule has 0 radical (unpaired) electrons. The summed E-state index contributed by atoms with van der Waals surface area (Å²) in [6.07, 6.45) is 1.11. The SMILES string of the molecule is CS(=O)(=O)c1ccc(NC(=O)c2cc(=O)[nH]c3ccccc23)cc1. The zero-order valence-electron chi connectivity index (χ0n) is 12.7. The van der Waals surface area contributed by atoms with Crippen molar-refractivity contribution in [3.8, 4) is 0 Å². The van der Waals surface area contributed by atoms with Crippen LogP contribution < -0.4 is 10.9 Å². The molecule has 0 aliphatic heterocycles. The Balaban J connectivity index is 1.95. The molecule has 0 fully saturated rings. The lowest BCUT2D eigenvalue weighted by molar-refractivity contribution is 0.102. The fourth-order valence-corrected chi connectivity index (χ4v) is 3.01. The number of sulfone groups is 1. The third-order valence-electron chi connectivity index (χ3n) is 3.54. The van der Waals surface area contributed by atoms with Gasteiger partial charge in [0.25, 0.3) is 5.91 Å². The standard InChI is InChI=1S/C17H14N2O4S/c1-24(22,23)12-8-6-11(7-9-12)18-17(21)14-10-16(20)19-15-5-3-2-4-13(14)15/h2-10H,1H3,(H,18,21)(H,19,20). The van der Waals surface area contributed by atoms with Crippen molar-refractivity contribution in [2.75, 3.05) is 11.6 Å². The molecule has 2 N–H and O–H groups in total. The average Bonchev–Trinajstić information content (AvgIpc) is 2.53. The number of aromatic amines is 1. The van der Waals surface area contributed by atoms with Crippen molar-refractivity contribution in [2.24, 2.45) is 0 Å². The highest BCUT2D eigenvalue weighted by molar-refractivity contribution is 7.90. The second-order valence-electron chi connectivity index (χ2n) is 5.34. The molecule has 7 heteroatoms. The number of para-hydroxylation sites is 1. The van der Waals surface area contributed by atoms with Crippen LogP contribution in [0.1, 0.15) is 10.4 Å². The molecule has 2 aromatic carbocycles. The van der Waals surface area contributed by atoms with Crippen LogP contribution >= 0.6 is 0 Å². The van der Waals surface area contributed by atoms with E-state index in [1.807, 2.05) is 0 Å². The van der Waals surface area contributed by atoms with Gasteiger partial charge in [-0.25, -0.2) is 8.42 Å². The number of H-pyrrole nitrogens is 1. The minimum Gasteiger partial charge on any atom is -0.322 e. The molecule has 1 amide bonds. The topological polar surface area (TPSA) is 96.1 Å². The number of nitrogens with one attached hydrogen (secondary N) is 2. The molecule has 3 rings (SSSR count). The number of fused-ring (bicyclic) bond motifs is 1. The highest BCUT2D eigenvalue weighted by Gasteiger charge is 2.12. The van der Waals surface area contributed by atoms with E-state index >= 15 is 0 Å². The zero-order valence-corrected chi connectivity index (χ0v) is 13.6. The van der Waals surface area contributed by atoms with Gasteiger partial charge in [0.05, 0.1) is 10.5 Å². The maximum Gasteiger partial charge on any atom is 0.256 e. The number of carbonyl (C=O) groups excluding carboxylic acids is 1. The normalized spacial score (nSPS) is 11.4. The Labute approximate surface area is 138 Å². The van der Waals surface area contributed by atoms with E-state index in [9.17, 15) is 18.0 Å². The summed E-state index contributed by atoms with van der Waals surface area (Å²) < 4.78 is 22.9. The van der Waals surface area contributed by atoms with Gasteiger partial charge in [-0.15, -0.1) is 0 Å². The number of carbonyl (C=O) groups is 1. The lowest BCUT2D eigenvalue weighted by atomic mass is 10.1. The van der Waals surface area contributed by atoms with Gasteiger partial charge in [-0.05, 0) is 30.3 Å². The number of rotatable bonds is 3. The predicted molar refractivity (Wildman–Crippen MR) is 92.1 cm³/mol. The van der Waals surface area contributed by atoms with Crippen molar-refractivity contribution in [3.05, 3.63) is 70.5 Å². The molecule has 0 bridgehead atoms. The number of amides is 1. The Hall–Kier alpha value is -2.93. The smallest absolute Gasteiger partial charge is 0.256 e. The van der Waals surface area contributed by atoms with Crippen LogP contribution in [0.3, 0.4) is 0 Å². The first kappa shape index (κ1) is 15.9. The van der Waals surface area contributed by atoms with Crippen molar-refractivity contribution < 1.29 is 13.2 Å². The number of anilines is 1. The van der Waals surface area contributed by atoms with Crippen LogP contribution in [0.4, 0.5) is 5.69 Å². The molecule has 0 saturated heterocycles. The molecule has 0 atom stereocenters. The van der Waals surface area contributed by atoms with Gasteiger partial charge in [0.2, 0.25) is 5.56 Å². The first-order chi connectivity index (χ1) is 11.3. The number of pyridine rings is 1. The number of aromatic nitrogens is 1. The molecule has 0 spiro atoms. The first-order valence-corrected chi connectivity index (χ1v) is 8.97. The highest BCUT2D eigenvalue weighted by Crippen LogP contribution is 2.18. The van der Waals surface area contributed by atoms with Crippen molar-refractivity contribution >= 4 is 32.3 Å². The molecule has 24 heavy (non-hydrogen) atoms. The van der Waals surface area contributed by atoms with Crippen LogP contribution in [0, 0.1) is 0 Å². The molecule has 0 aliphatic rings. The second-order valence-corrected chi connectivity index (χ2v) is 7.36. The van der Waals surface area contributed by atoms with E-state index in [2.05, 4.69) is 10.3 Å². The Morgan fingerprint density at radius 1 is 1.04 bits per heavy atom. The van der Waals surface area contributed by atoms with Crippen molar-refractivity contribution in [1.29, 1.82) is 0 Å². The van der Waals surface area contributed by atoms with Crippen LogP contribution in [0.5, 0.6) is 0 Å². The van der Waals surface area contributed by atoms with Gasteiger partial charge in [-0.1, -0.05) is 18.2 Å². The van der Waals surface area contributed by atoms with Crippen molar-refractivity contribution in [2.45, 2.75) is 4.90 Å². The van der Waals surface area contributed by atoms with Gasteiger partial charge in [-0.2, -0.15) is 0 Å². The summed E-state index contributed by atoms with van der Waals surface area (Å²) in [6, 6.07) is 14.1. The summed E-state index contributed by atoms with van der Waals surface area (Å²) in [4.78, 5) is 27.0. The van der Waals surface area contributed by atoms with Crippen LogP contribution in [-0.2, 0) is 9.84 Å². The minimum absolute atomic E-state index is 0.169. The molecule has 122 valence electrons. The molecule has 3 aromatic rings. The molecular weight excluding hydrogens is 328 g/mol. The quantitative estimate of drug-likeness (QED) is 0.762. The van der Waals surface area contributed by atoms with Gasteiger partial charge >= 0.3 is 0 Å². The lowest BCUT2D eigenvalue weighted by Gasteiger charge is -2.08. The van der Waals surface area contributed by atoms with Crippen molar-refractivity contribution in [3.63, 3.8) is 0 Å². The molecular formula is C17H14N2O4S. The van der Waals surface area contributed by atoms with Crippen LogP contribution in [0.2, 0.25) is 0 Å². The number of benzene rings is 2. The highest BCUT2D eigenvalue weighted by atomic mass is 32.2. The molecule has 0 saturated carbocycles. The first-order valence-electron chi connectivity index (χ1n) is 7.08. The molecule has 0 aliphatic carbocycles. The third-order valence-corrected chi connectivity index (χ3v) is 4.66. The lowest BCUT2D eigenvalue weighted by Crippen LogP contribution is -2.16. The van der Waals surface area contributed by atoms with E-state index in [0.29, 0.717) is 16.6 Å². The van der Waals surface area contributed by atoms with E-state index in [-0.39, 0.29) is 16.0 Å². The Morgan fingerprint density at radius 3 is 2.38 bits per heavy atom. The summed E-state index contributed by atoms with van der Waals surface area (Å²) in [5.41, 5.74) is 0.896. The maximum absolute atomic E-state index is 12.5. The molecule has 1 heterocycles. The number of hydrogen-bond donors (Lipinski definition) is 2. The van der Waals surface area contributed by atoms with E-state index in [0.717, 1.165) is 6.26 Å². The summed E-state index contributed by atoms with van der Waals surface area (Å²) in [7, 11) is -3.29. The van der Waals surface area contributed by atoms with Crippen LogP contribution in [0.25, 0.3) is 10.9 Å². The van der Waals surface area contributed by atoms with Gasteiger partial charge < -0.3 is 10.3 Å². The monoisotopic (exact) mass is 342 g/mol. The summed E-state index contributed by atoms with van der Waals surface area (Å²) in [5, 5.41) is 3.30. The van der Waals surface area contributed by atoms with Gasteiger partial charge in [0, 0.05) is 28.9 Å². The summed E-state index contributed by atoms with van der Waals surface area (Å²) >= 11 is 0. The van der Waals surface area contributed by atoms with Gasteiger partial charge in [-0.3, -0.25) is 9.59 Å². The minimum atomic E-state index is -3.29. The zero-order chi connectivity index (χ0) is 17.3. The fourth-order valence-electron chi connectivity index (χ4n) is 2.38. The molecule has 0 unspecified atom stereocenters. The Kier molecular flexibility index (Phi) is 3.94. The summed E-state index contributed by atoms with van der Waals surface area (Å²) in [5.74, 6) is -0.440. The van der Waals surface area contributed by atoms with Crippen LogP contribution in [-0.4, -0.2) is 25.6 Å². The Bertz CT molecular complexity index is 1080.